The number of alkyl halides is 2. The number of anilines is 1. The van der Waals surface area contributed by atoms with Crippen molar-refractivity contribution in [3.63, 3.8) is 0 Å². The van der Waals surface area contributed by atoms with Crippen LogP contribution in [-0.2, 0) is 6.54 Å². The lowest BCUT2D eigenvalue weighted by Crippen LogP contribution is -2.46. The normalized spacial score (nSPS) is 18.0. The lowest BCUT2D eigenvalue weighted by Gasteiger charge is -2.35. The second-order valence-electron chi connectivity index (χ2n) is 7.32. The average Bonchev–Trinajstić information content (AvgIpc) is 3.54. The average molecular weight is 392 g/mol. The summed E-state index contributed by atoms with van der Waals surface area (Å²) in [7, 11) is 1.44. The molecule has 1 aliphatic heterocycles. The Morgan fingerprint density at radius 3 is 2.46 bits per heavy atom. The summed E-state index contributed by atoms with van der Waals surface area (Å²) in [5, 5.41) is 0. The highest BCUT2D eigenvalue weighted by molar-refractivity contribution is 5.41. The van der Waals surface area contributed by atoms with Crippen molar-refractivity contribution in [2.75, 3.05) is 38.2 Å². The maximum absolute atomic E-state index is 13.9. The standard InChI is InChI=1S/C20H23F3N4O/c1-28-17-5-2-13(10-15(17)21)12-26-6-8-27(9-7-26)18-11-16(19(22)23)24-20(25-18)14-3-4-14/h2,5,10-11,14,19H,3-4,6-9,12H2,1H3. The van der Waals surface area contributed by atoms with E-state index >= 15 is 0 Å². The molecule has 0 bridgehead atoms. The Balaban J connectivity index is 1.41. The fourth-order valence-corrected chi connectivity index (χ4v) is 3.47. The Labute approximate surface area is 162 Å². The molecule has 8 heteroatoms. The van der Waals surface area contributed by atoms with Crippen molar-refractivity contribution in [3.8, 4) is 5.75 Å². The number of halogens is 3. The Bertz CT molecular complexity index is 816. The topological polar surface area (TPSA) is 41.5 Å². The summed E-state index contributed by atoms with van der Waals surface area (Å²) in [6.07, 6.45) is -0.651. The molecule has 1 aliphatic carbocycles. The van der Waals surface area contributed by atoms with Crippen molar-refractivity contribution < 1.29 is 17.9 Å². The molecule has 0 unspecified atom stereocenters. The van der Waals surface area contributed by atoms with Crippen molar-refractivity contribution in [2.45, 2.75) is 31.7 Å². The summed E-state index contributed by atoms with van der Waals surface area (Å²) >= 11 is 0. The number of rotatable bonds is 6. The molecule has 0 atom stereocenters. The van der Waals surface area contributed by atoms with E-state index in [1.54, 1.807) is 6.07 Å². The van der Waals surface area contributed by atoms with E-state index in [9.17, 15) is 13.2 Å². The van der Waals surface area contributed by atoms with Gasteiger partial charge in [0.05, 0.1) is 7.11 Å². The molecule has 1 aromatic heterocycles. The molecule has 0 N–H and O–H groups in total. The summed E-state index contributed by atoms with van der Waals surface area (Å²) < 4.78 is 45.2. The molecule has 2 aliphatic rings. The predicted octanol–water partition coefficient (Wildman–Crippen LogP) is 3.76. The number of ether oxygens (including phenoxy) is 1. The fraction of sp³-hybridized carbons (Fsp3) is 0.500. The van der Waals surface area contributed by atoms with Gasteiger partial charge in [-0.3, -0.25) is 4.90 Å². The highest BCUT2D eigenvalue weighted by Crippen LogP contribution is 2.39. The zero-order valence-electron chi connectivity index (χ0n) is 15.7. The van der Waals surface area contributed by atoms with E-state index in [2.05, 4.69) is 14.9 Å². The first kappa shape index (κ1) is 19.0. The van der Waals surface area contributed by atoms with Gasteiger partial charge in [-0.1, -0.05) is 6.07 Å². The van der Waals surface area contributed by atoms with Crippen molar-refractivity contribution >= 4 is 5.82 Å². The number of piperazine rings is 1. The van der Waals surface area contributed by atoms with E-state index < -0.39 is 6.43 Å². The van der Waals surface area contributed by atoms with Crippen LogP contribution in [0.25, 0.3) is 0 Å². The molecule has 0 amide bonds. The van der Waals surface area contributed by atoms with Crippen LogP contribution in [0.4, 0.5) is 19.0 Å². The van der Waals surface area contributed by atoms with Crippen LogP contribution in [0.3, 0.4) is 0 Å². The Morgan fingerprint density at radius 1 is 1.11 bits per heavy atom. The minimum atomic E-state index is -2.59. The molecule has 0 spiro atoms. The smallest absolute Gasteiger partial charge is 0.280 e. The second kappa shape index (κ2) is 7.95. The Morgan fingerprint density at radius 2 is 1.86 bits per heavy atom. The highest BCUT2D eigenvalue weighted by atomic mass is 19.3. The van der Waals surface area contributed by atoms with Gasteiger partial charge in [0.25, 0.3) is 6.43 Å². The zero-order chi connectivity index (χ0) is 19.7. The lowest BCUT2D eigenvalue weighted by atomic mass is 10.1. The van der Waals surface area contributed by atoms with E-state index in [4.69, 9.17) is 4.74 Å². The third-order valence-corrected chi connectivity index (χ3v) is 5.23. The third-order valence-electron chi connectivity index (χ3n) is 5.23. The molecule has 1 saturated carbocycles. The number of benzene rings is 1. The molecule has 5 nitrogen and oxygen atoms in total. The first-order valence-corrected chi connectivity index (χ1v) is 9.50. The van der Waals surface area contributed by atoms with Gasteiger partial charge in [0, 0.05) is 44.7 Å². The molecule has 0 radical (unpaired) electrons. The molecule has 2 aromatic rings. The van der Waals surface area contributed by atoms with Crippen molar-refractivity contribution in [1.82, 2.24) is 14.9 Å². The largest absolute Gasteiger partial charge is 0.494 e. The first-order valence-electron chi connectivity index (χ1n) is 9.50. The van der Waals surface area contributed by atoms with Gasteiger partial charge in [-0.25, -0.2) is 23.1 Å². The monoisotopic (exact) mass is 392 g/mol. The Hall–Kier alpha value is -2.35. The number of hydrogen-bond donors (Lipinski definition) is 0. The summed E-state index contributed by atoms with van der Waals surface area (Å²) in [5.41, 5.74) is 0.688. The summed E-state index contributed by atoms with van der Waals surface area (Å²) in [5.74, 6) is 1.22. The zero-order valence-corrected chi connectivity index (χ0v) is 15.7. The SMILES string of the molecule is COc1ccc(CN2CCN(c3cc(C(F)F)nc(C4CC4)n3)CC2)cc1F. The van der Waals surface area contributed by atoms with Gasteiger partial charge in [-0.2, -0.15) is 0 Å². The van der Waals surface area contributed by atoms with Gasteiger partial charge in [-0.15, -0.1) is 0 Å². The minimum Gasteiger partial charge on any atom is -0.494 e. The van der Waals surface area contributed by atoms with Crippen LogP contribution in [0.2, 0.25) is 0 Å². The lowest BCUT2D eigenvalue weighted by molar-refractivity contribution is 0.145. The summed E-state index contributed by atoms with van der Waals surface area (Å²) in [6.45, 7) is 3.50. The predicted molar refractivity (Wildman–Crippen MR) is 99.4 cm³/mol. The molecule has 1 aromatic carbocycles. The minimum absolute atomic E-state index is 0.192. The van der Waals surface area contributed by atoms with Gasteiger partial charge in [0.2, 0.25) is 0 Å². The molecule has 2 heterocycles. The van der Waals surface area contributed by atoms with Crippen molar-refractivity contribution in [3.05, 3.63) is 47.2 Å². The number of hydrogen-bond acceptors (Lipinski definition) is 5. The van der Waals surface area contributed by atoms with Crippen molar-refractivity contribution in [2.24, 2.45) is 0 Å². The van der Waals surface area contributed by atoms with E-state index in [-0.39, 0.29) is 23.2 Å². The van der Waals surface area contributed by atoms with E-state index in [1.807, 2.05) is 11.0 Å². The maximum Gasteiger partial charge on any atom is 0.280 e. The van der Waals surface area contributed by atoms with Gasteiger partial charge < -0.3 is 9.64 Å². The maximum atomic E-state index is 13.9. The van der Waals surface area contributed by atoms with Crippen LogP contribution in [0, 0.1) is 5.82 Å². The van der Waals surface area contributed by atoms with Crippen LogP contribution in [0.1, 0.15) is 42.3 Å². The van der Waals surface area contributed by atoms with E-state index in [1.165, 1.54) is 19.2 Å². The summed E-state index contributed by atoms with van der Waals surface area (Å²) in [6, 6.07) is 6.39. The van der Waals surface area contributed by atoms with Crippen LogP contribution in [0.15, 0.2) is 24.3 Å². The van der Waals surface area contributed by atoms with Gasteiger partial charge in [-0.05, 0) is 30.5 Å². The summed E-state index contributed by atoms with van der Waals surface area (Å²) in [4.78, 5) is 12.8. The Kier molecular flexibility index (Phi) is 5.39. The molecular weight excluding hydrogens is 369 g/mol. The van der Waals surface area contributed by atoms with E-state index in [0.29, 0.717) is 31.3 Å². The van der Waals surface area contributed by atoms with E-state index in [0.717, 1.165) is 31.5 Å². The fourth-order valence-electron chi connectivity index (χ4n) is 3.47. The second-order valence-corrected chi connectivity index (χ2v) is 7.32. The first-order chi connectivity index (χ1) is 13.5. The number of nitrogens with zero attached hydrogens (tertiary/aromatic N) is 4. The van der Waals surface area contributed by atoms with Crippen LogP contribution in [0.5, 0.6) is 5.75 Å². The highest BCUT2D eigenvalue weighted by Gasteiger charge is 2.29. The van der Waals surface area contributed by atoms with Crippen LogP contribution in [-0.4, -0.2) is 48.2 Å². The molecular formula is C20H23F3N4O. The number of aromatic nitrogens is 2. The molecule has 28 heavy (non-hydrogen) atoms. The van der Waals surface area contributed by atoms with Crippen LogP contribution < -0.4 is 9.64 Å². The van der Waals surface area contributed by atoms with Crippen molar-refractivity contribution in [1.29, 1.82) is 0 Å². The van der Waals surface area contributed by atoms with Crippen LogP contribution >= 0.6 is 0 Å². The quantitative estimate of drug-likeness (QED) is 0.749. The molecule has 150 valence electrons. The number of methoxy groups -OCH3 is 1. The van der Waals surface area contributed by atoms with Gasteiger partial charge >= 0.3 is 0 Å². The molecule has 1 saturated heterocycles. The van der Waals surface area contributed by atoms with Gasteiger partial charge in [0.15, 0.2) is 11.6 Å². The molecule has 4 rings (SSSR count). The third kappa shape index (κ3) is 4.22. The van der Waals surface area contributed by atoms with Gasteiger partial charge in [0.1, 0.15) is 17.3 Å². The molecule has 2 fully saturated rings.